The molecule has 0 aliphatic rings. The Morgan fingerprint density at radius 3 is 2.44 bits per heavy atom. The highest BCUT2D eigenvalue weighted by atomic mass is 19.4. The van der Waals surface area contributed by atoms with E-state index in [2.05, 4.69) is 0 Å². The molecule has 16 heavy (non-hydrogen) atoms. The van der Waals surface area contributed by atoms with Crippen LogP contribution < -0.4 is 0 Å². The van der Waals surface area contributed by atoms with Gasteiger partial charge in [-0.15, -0.1) is 0 Å². The number of ketones is 1. The maximum absolute atomic E-state index is 12.6. The van der Waals surface area contributed by atoms with E-state index < -0.39 is 12.0 Å². The molecule has 5 heteroatoms. The quantitative estimate of drug-likeness (QED) is 0.560. The fraction of sp³-hybridized carbons (Fsp3) is 0.182. The van der Waals surface area contributed by atoms with Crippen molar-refractivity contribution >= 4 is 11.9 Å². The molecule has 0 radical (unpaired) electrons. The maximum Gasteiger partial charge on any atom is 0.442 e. The van der Waals surface area contributed by atoms with Gasteiger partial charge in [0.1, 0.15) is 0 Å². The van der Waals surface area contributed by atoms with Gasteiger partial charge < -0.3 is 0 Å². The van der Waals surface area contributed by atoms with Gasteiger partial charge in [0, 0.05) is 5.56 Å². The first-order chi connectivity index (χ1) is 7.30. The van der Waals surface area contributed by atoms with Crippen molar-refractivity contribution < 1.29 is 22.4 Å². The molecule has 0 heterocycles. The molecular formula is C11H8F4O. The van der Waals surface area contributed by atoms with Gasteiger partial charge in [0.05, 0.1) is 0 Å². The van der Waals surface area contributed by atoms with E-state index in [1.54, 1.807) is 0 Å². The lowest BCUT2D eigenvalue weighted by molar-refractivity contribution is -0.107. The number of hydrogen-bond donors (Lipinski definition) is 0. The molecule has 0 aliphatic heterocycles. The van der Waals surface area contributed by atoms with E-state index in [4.69, 9.17) is 0 Å². The van der Waals surface area contributed by atoms with Crippen LogP contribution in [0, 0.1) is 0 Å². The van der Waals surface area contributed by atoms with E-state index in [1.807, 2.05) is 0 Å². The van der Waals surface area contributed by atoms with Crippen molar-refractivity contribution in [2.24, 2.45) is 0 Å². The molecule has 0 bridgehead atoms. The van der Waals surface area contributed by atoms with Crippen molar-refractivity contribution in [3.05, 3.63) is 41.2 Å². The molecule has 0 fully saturated rings. The molecule has 0 aliphatic carbocycles. The predicted molar refractivity (Wildman–Crippen MR) is 51.6 cm³/mol. The zero-order valence-electron chi connectivity index (χ0n) is 8.31. The fourth-order valence-corrected chi connectivity index (χ4v) is 1.08. The number of carbonyl (C=O) groups excluding carboxylic acids is 1. The van der Waals surface area contributed by atoms with Crippen LogP contribution in [-0.2, 0) is 0 Å². The number of Topliss-reactive ketones (excluding diaryl/α,β-unsaturated/α-hetero) is 1. The van der Waals surface area contributed by atoms with Crippen LogP contribution >= 0.6 is 0 Å². The summed E-state index contributed by atoms with van der Waals surface area (Å²) >= 11 is 0. The molecule has 0 saturated heterocycles. The third-order valence-corrected chi connectivity index (χ3v) is 1.86. The molecule has 0 amide bonds. The monoisotopic (exact) mass is 232 g/mol. The third-order valence-electron chi connectivity index (χ3n) is 1.86. The van der Waals surface area contributed by atoms with Gasteiger partial charge in [0.25, 0.3) is 0 Å². The summed E-state index contributed by atoms with van der Waals surface area (Å²) in [6.45, 7) is 1.28. The van der Waals surface area contributed by atoms with E-state index in [9.17, 15) is 22.4 Å². The first-order valence-corrected chi connectivity index (χ1v) is 4.36. The van der Waals surface area contributed by atoms with Gasteiger partial charge in [-0.1, -0.05) is 18.2 Å². The Labute approximate surface area is 89.4 Å². The summed E-state index contributed by atoms with van der Waals surface area (Å²) in [7, 11) is 0. The second-order valence-corrected chi connectivity index (χ2v) is 3.17. The van der Waals surface area contributed by atoms with E-state index in [-0.39, 0.29) is 16.9 Å². The topological polar surface area (TPSA) is 17.1 Å². The van der Waals surface area contributed by atoms with Crippen LogP contribution in [0.1, 0.15) is 22.8 Å². The number of hydrogen-bond acceptors (Lipinski definition) is 1. The van der Waals surface area contributed by atoms with Gasteiger partial charge in [-0.25, -0.2) is 4.39 Å². The molecule has 1 nitrogen and oxygen atoms in total. The van der Waals surface area contributed by atoms with Crippen LogP contribution in [-0.4, -0.2) is 12.0 Å². The Morgan fingerprint density at radius 1 is 1.31 bits per heavy atom. The van der Waals surface area contributed by atoms with E-state index in [0.29, 0.717) is 6.08 Å². The van der Waals surface area contributed by atoms with Gasteiger partial charge in [0.2, 0.25) is 5.83 Å². The molecule has 0 N–H and O–H groups in total. The zero-order chi connectivity index (χ0) is 12.3. The van der Waals surface area contributed by atoms with Crippen molar-refractivity contribution in [1.82, 2.24) is 0 Å². The van der Waals surface area contributed by atoms with Crippen LogP contribution in [0.2, 0.25) is 0 Å². The normalized spacial score (nSPS) is 12.7. The lowest BCUT2D eigenvalue weighted by Crippen LogP contribution is -2.07. The van der Waals surface area contributed by atoms with E-state index in [1.165, 1.54) is 31.2 Å². The van der Waals surface area contributed by atoms with Crippen molar-refractivity contribution in [3.8, 4) is 0 Å². The van der Waals surface area contributed by atoms with Crippen LogP contribution in [0.15, 0.2) is 30.1 Å². The average molecular weight is 232 g/mol. The van der Waals surface area contributed by atoms with Gasteiger partial charge in [-0.2, -0.15) is 13.2 Å². The molecule has 0 spiro atoms. The van der Waals surface area contributed by atoms with Crippen LogP contribution in [0.5, 0.6) is 0 Å². The molecule has 0 atom stereocenters. The number of carbonyl (C=O) groups is 1. The minimum absolute atomic E-state index is 0.00234. The minimum Gasteiger partial charge on any atom is -0.295 e. The van der Waals surface area contributed by atoms with Gasteiger partial charge >= 0.3 is 6.18 Å². The fourth-order valence-electron chi connectivity index (χ4n) is 1.08. The first-order valence-electron chi connectivity index (χ1n) is 4.36. The number of rotatable bonds is 2. The van der Waals surface area contributed by atoms with Crippen LogP contribution in [0.4, 0.5) is 17.6 Å². The van der Waals surface area contributed by atoms with Crippen molar-refractivity contribution in [2.75, 3.05) is 0 Å². The summed E-state index contributed by atoms with van der Waals surface area (Å²) in [5.41, 5.74) is 0.242. The van der Waals surface area contributed by atoms with Crippen LogP contribution in [0.3, 0.4) is 0 Å². The molecule has 0 aromatic heterocycles. The molecule has 1 aromatic carbocycles. The Balaban J connectivity index is 3.07. The first kappa shape index (κ1) is 12.4. The SMILES string of the molecule is CC(=O)c1cccc(/C=C(/F)C(F)(F)F)c1. The highest BCUT2D eigenvalue weighted by Gasteiger charge is 2.34. The lowest BCUT2D eigenvalue weighted by atomic mass is 10.1. The Morgan fingerprint density at radius 2 is 1.94 bits per heavy atom. The number of halogens is 4. The number of allylic oxidation sites excluding steroid dienone is 1. The van der Waals surface area contributed by atoms with Crippen LogP contribution in [0.25, 0.3) is 6.08 Å². The van der Waals surface area contributed by atoms with Gasteiger partial charge in [-0.3, -0.25) is 4.79 Å². The molecule has 0 unspecified atom stereocenters. The summed E-state index contributed by atoms with van der Waals surface area (Å²) in [6, 6.07) is 5.34. The van der Waals surface area contributed by atoms with Gasteiger partial charge in [-0.05, 0) is 24.6 Å². The molecular weight excluding hydrogens is 224 g/mol. The molecule has 0 saturated carbocycles. The number of alkyl halides is 3. The third kappa shape index (κ3) is 3.18. The summed E-state index contributed by atoms with van der Waals surface area (Å²) in [5.74, 6) is -2.48. The highest BCUT2D eigenvalue weighted by Crippen LogP contribution is 2.28. The Hall–Kier alpha value is -1.65. The highest BCUT2D eigenvalue weighted by molar-refractivity contribution is 5.94. The van der Waals surface area contributed by atoms with Crippen molar-refractivity contribution in [3.63, 3.8) is 0 Å². The smallest absolute Gasteiger partial charge is 0.295 e. The molecule has 1 aromatic rings. The molecule has 86 valence electrons. The zero-order valence-corrected chi connectivity index (χ0v) is 8.31. The Kier molecular flexibility index (Phi) is 3.47. The Bertz CT molecular complexity index is 432. The predicted octanol–water partition coefficient (Wildman–Crippen LogP) is 3.76. The summed E-state index contributed by atoms with van der Waals surface area (Å²) < 4.78 is 48.2. The lowest BCUT2D eigenvalue weighted by Gasteiger charge is -2.03. The second kappa shape index (κ2) is 4.47. The maximum atomic E-state index is 12.6. The van der Waals surface area contributed by atoms with E-state index >= 15 is 0 Å². The summed E-state index contributed by atoms with van der Waals surface area (Å²) in [5, 5.41) is 0. The number of benzene rings is 1. The minimum atomic E-state index is -4.99. The summed E-state index contributed by atoms with van der Waals surface area (Å²) in [4.78, 5) is 10.9. The average Bonchev–Trinajstić information content (AvgIpc) is 2.16. The second-order valence-electron chi connectivity index (χ2n) is 3.17. The standard InChI is InChI=1S/C11H8F4O/c1-7(16)9-4-2-3-8(5-9)6-10(12)11(13,14)15/h2-6H,1H3/b10-6+. The van der Waals surface area contributed by atoms with Gasteiger partial charge in [0.15, 0.2) is 5.78 Å². The molecule has 1 rings (SSSR count). The van der Waals surface area contributed by atoms with Crippen molar-refractivity contribution in [2.45, 2.75) is 13.1 Å². The van der Waals surface area contributed by atoms with Crippen molar-refractivity contribution in [1.29, 1.82) is 0 Å². The summed E-state index contributed by atoms with van der Waals surface area (Å²) in [6.07, 6.45) is -4.64. The van der Waals surface area contributed by atoms with E-state index in [0.717, 1.165) is 0 Å². The largest absolute Gasteiger partial charge is 0.442 e.